The average molecular weight is 270 g/mol. The van der Waals surface area contributed by atoms with Crippen LogP contribution in [0.4, 0.5) is 18.9 Å². The van der Waals surface area contributed by atoms with Gasteiger partial charge in [-0.15, -0.1) is 5.10 Å². The Morgan fingerprint density at radius 1 is 1.16 bits per heavy atom. The Kier molecular flexibility index (Phi) is 4.03. The number of aromatic nitrogens is 3. The van der Waals surface area contributed by atoms with Gasteiger partial charge in [0.15, 0.2) is 0 Å². The van der Waals surface area contributed by atoms with Gasteiger partial charge in [-0.2, -0.15) is 13.2 Å². The van der Waals surface area contributed by atoms with E-state index in [9.17, 15) is 13.2 Å². The van der Waals surface area contributed by atoms with E-state index in [4.69, 9.17) is 0 Å². The van der Waals surface area contributed by atoms with Crippen LogP contribution in [0.25, 0.3) is 0 Å². The number of anilines is 1. The maximum atomic E-state index is 12.3. The highest BCUT2D eigenvalue weighted by atomic mass is 19.4. The summed E-state index contributed by atoms with van der Waals surface area (Å²) in [6.07, 6.45) is -0.114. The topological polar surface area (TPSA) is 42.7 Å². The van der Waals surface area contributed by atoms with Gasteiger partial charge in [-0.25, -0.2) is 0 Å². The minimum atomic E-state index is -4.29. The second-order valence-corrected chi connectivity index (χ2v) is 4.02. The van der Waals surface area contributed by atoms with E-state index >= 15 is 0 Å². The third-order valence-corrected chi connectivity index (χ3v) is 2.58. The molecule has 0 aliphatic rings. The first-order valence-corrected chi connectivity index (χ1v) is 5.81. The molecular weight excluding hydrogens is 257 g/mol. The number of halogens is 3. The van der Waals surface area contributed by atoms with Crippen LogP contribution in [0.2, 0.25) is 0 Å². The van der Waals surface area contributed by atoms with E-state index in [2.05, 4.69) is 15.6 Å². The molecule has 7 heteroatoms. The molecule has 0 aliphatic carbocycles. The molecule has 0 radical (unpaired) electrons. The molecule has 0 spiro atoms. The summed E-state index contributed by atoms with van der Waals surface area (Å²) in [5, 5.41) is 10.5. The molecule has 19 heavy (non-hydrogen) atoms. The van der Waals surface area contributed by atoms with Crippen LogP contribution in [0, 0.1) is 0 Å². The summed E-state index contributed by atoms with van der Waals surface area (Å²) in [5.74, 6) is 0. The van der Waals surface area contributed by atoms with Crippen molar-refractivity contribution in [2.45, 2.75) is 19.1 Å². The zero-order valence-corrected chi connectivity index (χ0v) is 10.1. The van der Waals surface area contributed by atoms with Crippen LogP contribution in [0.1, 0.15) is 12.0 Å². The Balaban J connectivity index is 1.77. The first-order chi connectivity index (χ1) is 9.05. The number of alkyl halides is 3. The largest absolute Gasteiger partial charge is 0.416 e. The molecule has 0 bridgehead atoms. The fourth-order valence-electron chi connectivity index (χ4n) is 1.60. The summed E-state index contributed by atoms with van der Waals surface area (Å²) >= 11 is 0. The van der Waals surface area contributed by atoms with Crippen LogP contribution >= 0.6 is 0 Å². The van der Waals surface area contributed by atoms with Crippen molar-refractivity contribution in [1.82, 2.24) is 15.0 Å². The van der Waals surface area contributed by atoms with Crippen LogP contribution in [0.15, 0.2) is 36.7 Å². The number of hydrogen-bond acceptors (Lipinski definition) is 3. The van der Waals surface area contributed by atoms with Crippen molar-refractivity contribution in [1.29, 1.82) is 0 Å². The second-order valence-electron chi connectivity index (χ2n) is 4.02. The van der Waals surface area contributed by atoms with Crippen molar-refractivity contribution >= 4 is 5.69 Å². The summed E-state index contributed by atoms with van der Waals surface area (Å²) in [7, 11) is 0. The van der Waals surface area contributed by atoms with E-state index in [0.29, 0.717) is 18.8 Å². The van der Waals surface area contributed by atoms with E-state index < -0.39 is 11.7 Å². The van der Waals surface area contributed by atoms with Crippen LogP contribution < -0.4 is 5.32 Å². The fourth-order valence-corrected chi connectivity index (χ4v) is 1.60. The molecule has 2 aromatic rings. The van der Waals surface area contributed by atoms with E-state index in [1.54, 1.807) is 17.1 Å². The zero-order valence-electron chi connectivity index (χ0n) is 10.1. The molecule has 1 heterocycles. The molecule has 0 aliphatic heterocycles. The van der Waals surface area contributed by atoms with E-state index in [-0.39, 0.29) is 0 Å². The van der Waals surface area contributed by atoms with Crippen molar-refractivity contribution < 1.29 is 13.2 Å². The van der Waals surface area contributed by atoms with Gasteiger partial charge in [0.2, 0.25) is 0 Å². The minimum Gasteiger partial charge on any atom is -0.385 e. The first-order valence-electron chi connectivity index (χ1n) is 5.81. The lowest BCUT2D eigenvalue weighted by Crippen LogP contribution is -2.08. The molecule has 0 fully saturated rings. The molecule has 0 unspecified atom stereocenters. The molecule has 1 N–H and O–H groups in total. The van der Waals surface area contributed by atoms with Gasteiger partial charge < -0.3 is 5.32 Å². The Labute approximate surface area is 108 Å². The highest BCUT2D eigenvalue weighted by molar-refractivity contribution is 5.44. The van der Waals surface area contributed by atoms with Gasteiger partial charge in [-0.3, -0.25) is 4.68 Å². The molecule has 1 aromatic carbocycles. The molecule has 0 amide bonds. The van der Waals surface area contributed by atoms with Crippen molar-refractivity contribution in [3.05, 3.63) is 42.2 Å². The fraction of sp³-hybridized carbons (Fsp3) is 0.333. The van der Waals surface area contributed by atoms with Crippen molar-refractivity contribution in [3.63, 3.8) is 0 Å². The molecule has 2 rings (SSSR count). The number of nitrogens with zero attached hydrogens (tertiary/aromatic N) is 3. The van der Waals surface area contributed by atoms with E-state index in [0.717, 1.165) is 18.6 Å². The Morgan fingerprint density at radius 3 is 2.47 bits per heavy atom. The number of aryl methyl sites for hydroxylation is 1. The SMILES string of the molecule is FC(F)(F)c1ccc(NCCCn2ccnn2)cc1. The summed E-state index contributed by atoms with van der Waals surface area (Å²) < 4.78 is 38.7. The molecule has 4 nitrogen and oxygen atoms in total. The number of nitrogens with one attached hydrogen (secondary N) is 1. The van der Waals surface area contributed by atoms with Gasteiger partial charge in [0, 0.05) is 25.0 Å². The Hall–Kier alpha value is -2.05. The second kappa shape index (κ2) is 5.73. The lowest BCUT2D eigenvalue weighted by atomic mass is 10.2. The van der Waals surface area contributed by atoms with E-state index in [1.807, 2.05) is 0 Å². The summed E-state index contributed by atoms with van der Waals surface area (Å²) in [5.41, 5.74) is 0.0345. The third-order valence-electron chi connectivity index (χ3n) is 2.58. The molecule has 102 valence electrons. The number of hydrogen-bond donors (Lipinski definition) is 1. The van der Waals surface area contributed by atoms with Gasteiger partial charge >= 0.3 is 6.18 Å². The predicted molar refractivity (Wildman–Crippen MR) is 64.6 cm³/mol. The summed E-state index contributed by atoms with van der Waals surface area (Å²) in [6.45, 7) is 1.37. The third kappa shape index (κ3) is 3.97. The summed E-state index contributed by atoms with van der Waals surface area (Å²) in [6, 6.07) is 5.00. The number of rotatable bonds is 5. The maximum Gasteiger partial charge on any atom is 0.416 e. The lowest BCUT2D eigenvalue weighted by molar-refractivity contribution is -0.137. The van der Waals surface area contributed by atoms with Gasteiger partial charge in [-0.1, -0.05) is 5.21 Å². The lowest BCUT2D eigenvalue weighted by Gasteiger charge is -2.09. The summed E-state index contributed by atoms with van der Waals surface area (Å²) in [4.78, 5) is 0. The highest BCUT2D eigenvalue weighted by Crippen LogP contribution is 2.29. The monoisotopic (exact) mass is 270 g/mol. The van der Waals surface area contributed by atoms with Gasteiger partial charge in [0.1, 0.15) is 0 Å². The van der Waals surface area contributed by atoms with Gasteiger partial charge in [0.05, 0.1) is 11.8 Å². The smallest absolute Gasteiger partial charge is 0.385 e. The van der Waals surface area contributed by atoms with Crippen molar-refractivity contribution in [3.8, 4) is 0 Å². The minimum absolute atomic E-state index is 0.638. The van der Waals surface area contributed by atoms with Crippen LogP contribution in [0.3, 0.4) is 0 Å². The Morgan fingerprint density at radius 2 is 1.89 bits per heavy atom. The van der Waals surface area contributed by atoms with Crippen LogP contribution in [-0.2, 0) is 12.7 Å². The van der Waals surface area contributed by atoms with Crippen LogP contribution in [0.5, 0.6) is 0 Å². The quantitative estimate of drug-likeness (QED) is 0.849. The predicted octanol–water partition coefficient (Wildman–Crippen LogP) is 2.80. The van der Waals surface area contributed by atoms with Gasteiger partial charge in [-0.05, 0) is 30.7 Å². The van der Waals surface area contributed by atoms with E-state index in [1.165, 1.54) is 12.1 Å². The maximum absolute atomic E-state index is 12.3. The molecule has 1 aromatic heterocycles. The van der Waals surface area contributed by atoms with Gasteiger partial charge in [0.25, 0.3) is 0 Å². The molecular formula is C12H13F3N4. The van der Waals surface area contributed by atoms with Crippen molar-refractivity contribution in [2.75, 3.05) is 11.9 Å². The molecule has 0 atom stereocenters. The zero-order chi connectivity index (χ0) is 13.7. The average Bonchev–Trinajstić information content (AvgIpc) is 2.87. The standard InChI is InChI=1S/C12H13F3N4/c13-12(14,15)10-2-4-11(5-3-10)16-6-1-8-19-9-7-17-18-19/h2-5,7,9,16H,1,6,8H2. The van der Waals surface area contributed by atoms with Crippen LogP contribution in [-0.4, -0.2) is 21.5 Å². The molecule has 0 saturated carbocycles. The first kappa shape index (κ1) is 13.4. The van der Waals surface area contributed by atoms with Crippen molar-refractivity contribution in [2.24, 2.45) is 0 Å². The Bertz CT molecular complexity index is 491. The highest BCUT2D eigenvalue weighted by Gasteiger charge is 2.29. The molecule has 0 saturated heterocycles. The number of benzene rings is 1. The normalized spacial score (nSPS) is 11.5.